The number of hydrogen-bond donors (Lipinski definition) is 1. The lowest BCUT2D eigenvalue weighted by atomic mass is 10.1. The van der Waals surface area contributed by atoms with Gasteiger partial charge in [0.15, 0.2) is 0 Å². The number of ether oxygens (including phenoxy) is 1. The summed E-state index contributed by atoms with van der Waals surface area (Å²) in [5, 5.41) is 0.900. The van der Waals surface area contributed by atoms with Gasteiger partial charge >= 0.3 is 0 Å². The second-order valence-corrected chi connectivity index (χ2v) is 5.98. The van der Waals surface area contributed by atoms with Crippen LogP contribution in [0.2, 0.25) is 0 Å². The maximum atomic E-state index is 12.6. The molecule has 2 N–H and O–H groups in total. The zero-order chi connectivity index (χ0) is 15.6. The summed E-state index contributed by atoms with van der Waals surface area (Å²) in [7, 11) is 1.63. The highest BCUT2D eigenvalue weighted by molar-refractivity contribution is 7.21. The molecule has 2 aromatic heterocycles. The Morgan fingerprint density at radius 2 is 2.19 bits per heavy atom. The quantitative estimate of drug-likeness (QED) is 0.922. The van der Waals surface area contributed by atoms with Crippen molar-refractivity contribution in [2.45, 2.75) is 20.8 Å². The standard InChI is InChI=1S/C15H21N3O2S/c1-5-18(6-7-20-4)15(19)13-12(16)11-9(2)8-10(3)17-14(11)21-13/h8H,5-7,16H2,1-4H3. The van der Waals surface area contributed by atoms with E-state index < -0.39 is 0 Å². The van der Waals surface area contributed by atoms with Crippen molar-refractivity contribution in [1.29, 1.82) is 0 Å². The molecule has 2 aromatic rings. The number of hydrogen-bond acceptors (Lipinski definition) is 5. The first-order valence-corrected chi connectivity index (χ1v) is 7.75. The average Bonchev–Trinajstić information content (AvgIpc) is 2.76. The van der Waals surface area contributed by atoms with E-state index in [1.54, 1.807) is 12.0 Å². The Kier molecular flexibility index (Phi) is 4.80. The molecule has 6 heteroatoms. The SMILES string of the molecule is CCN(CCOC)C(=O)c1sc2nc(C)cc(C)c2c1N. The number of pyridine rings is 1. The van der Waals surface area contributed by atoms with Crippen LogP contribution in [-0.2, 0) is 4.74 Å². The van der Waals surface area contributed by atoms with E-state index in [1.165, 1.54) is 11.3 Å². The zero-order valence-corrected chi connectivity index (χ0v) is 13.7. The van der Waals surface area contributed by atoms with Crippen molar-refractivity contribution >= 4 is 33.1 Å². The largest absolute Gasteiger partial charge is 0.397 e. The molecule has 0 spiro atoms. The van der Waals surface area contributed by atoms with Gasteiger partial charge in [0.2, 0.25) is 0 Å². The molecule has 0 atom stereocenters. The van der Waals surface area contributed by atoms with Crippen molar-refractivity contribution < 1.29 is 9.53 Å². The lowest BCUT2D eigenvalue weighted by Crippen LogP contribution is -2.33. The summed E-state index contributed by atoms with van der Waals surface area (Å²) in [6, 6.07) is 1.99. The Balaban J connectivity index is 2.44. The minimum atomic E-state index is -0.0490. The van der Waals surface area contributed by atoms with E-state index in [0.29, 0.717) is 30.3 Å². The van der Waals surface area contributed by atoms with Crippen molar-refractivity contribution in [1.82, 2.24) is 9.88 Å². The smallest absolute Gasteiger partial charge is 0.266 e. The molecule has 0 aliphatic rings. The number of carbonyl (C=O) groups is 1. The molecular weight excluding hydrogens is 286 g/mol. The molecule has 1 amide bonds. The second-order valence-electron chi connectivity index (χ2n) is 4.98. The molecule has 0 aliphatic carbocycles. The molecule has 0 unspecified atom stereocenters. The van der Waals surface area contributed by atoms with Crippen LogP contribution in [0.5, 0.6) is 0 Å². The van der Waals surface area contributed by atoms with Crippen LogP contribution < -0.4 is 5.73 Å². The number of methoxy groups -OCH3 is 1. The number of likely N-dealkylation sites (N-methyl/N-ethyl adjacent to an activating group) is 1. The second kappa shape index (κ2) is 6.41. The van der Waals surface area contributed by atoms with Crippen molar-refractivity contribution in [3.63, 3.8) is 0 Å². The fourth-order valence-corrected chi connectivity index (χ4v) is 3.56. The van der Waals surface area contributed by atoms with Crippen molar-refractivity contribution in [3.05, 3.63) is 22.2 Å². The van der Waals surface area contributed by atoms with E-state index in [4.69, 9.17) is 10.5 Å². The number of rotatable bonds is 5. The number of nitrogen functional groups attached to an aromatic ring is 1. The molecule has 0 aliphatic heterocycles. The van der Waals surface area contributed by atoms with Crippen LogP contribution in [0.25, 0.3) is 10.2 Å². The van der Waals surface area contributed by atoms with Gasteiger partial charge in [-0.3, -0.25) is 4.79 Å². The van der Waals surface area contributed by atoms with Gasteiger partial charge in [-0.05, 0) is 32.4 Å². The third-order valence-electron chi connectivity index (χ3n) is 3.45. The third kappa shape index (κ3) is 3.01. The fraction of sp³-hybridized carbons (Fsp3) is 0.467. The Hall–Kier alpha value is -1.66. The van der Waals surface area contributed by atoms with E-state index in [9.17, 15) is 4.79 Å². The van der Waals surface area contributed by atoms with E-state index >= 15 is 0 Å². The topological polar surface area (TPSA) is 68.5 Å². The lowest BCUT2D eigenvalue weighted by molar-refractivity contribution is 0.0712. The summed E-state index contributed by atoms with van der Waals surface area (Å²) < 4.78 is 5.05. The molecule has 0 fully saturated rings. The molecule has 2 rings (SSSR count). The Bertz CT molecular complexity index is 666. The summed E-state index contributed by atoms with van der Waals surface area (Å²) in [6.45, 7) is 7.59. The van der Waals surface area contributed by atoms with Crippen LogP contribution in [0.1, 0.15) is 27.9 Å². The van der Waals surface area contributed by atoms with Crippen LogP contribution in [0, 0.1) is 13.8 Å². The first kappa shape index (κ1) is 15.7. The highest BCUT2D eigenvalue weighted by Gasteiger charge is 2.22. The number of aromatic nitrogens is 1. The minimum Gasteiger partial charge on any atom is -0.397 e. The summed E-state index contributed by atoms with van der Waals surface area (Å²) >= 11 is 1.37. The van der Waals surface area contributed by atoms with E-state index in [1.807, 2.05) is 26.8 Å². The summed E-state index contributed by atoms with van der Waals surface area (Å²) in [5.41, 5.74) is 8.74. The number of thiophene rings is 1. The number of amides is 1. The van der Waals surface area contributed by atoms with Crippen LogP contribution >= 0.6 is 11.3 Å². The van der Waals surface area contributed by atoms with Crippen molar-refractivity contribution in [3.8, 4) is 0 Å². The molecule has 5 nitrogen and oxygen atoms in total. The lowest BCUT2D eigenvalue weighted by Gasteiger charge is -2.19. The van der Waals surface area contributed by atoms with Gasteiger partial charge in [-0.2, -0.15) is 0 Å². The zero-order valence-electron chi connectivity index (χ0n) is 12.9. The molecule has 114 valence electrons. The summed E-state index contributed by atoms with van der Waals surface area (Å²) in [6.07, 6.45) is 0. The number of carbonyl (C=O) groups excluding carboxylic acids is 1. The highest BCUT2D eigenvalue weighted by Crippen LogP contribution is 2.35. The van der Waals surface area contributed by atoms with E-state index in [-0.39, 0.29) is 5.91 Å². The predicted molar refractivity (Wildman–Crippen MR) is 87.0 cm³/mol. The molecule has 2 heterocycles. The number of nitrogens with zero attached hydrogens (tertiary/aromatic N) is 2. The van der Waals surface area contributed by atoms with E-state index in [2.05, 4.69) is 4.98 Å². The number of nitrogens with two attached hydrogens (primary N) is 1. The van der Waals surface area contributed by atoms with Gasteiger partial charge in [-0.1, -0.05) is 0 Å². The van der Waals surface area contributed by atoms with Gasteiger partial charge in [0.05, 0.1) is 12.3 Å². The molecule has 0 saturated carbocycles. The number of aryl methyl sites for hydroxylation is 2. The summed E-state index contributed by atoms with van der Waals surface area (Å²) in [5.74, 6) is -0.0490. The van der Waals surface area contributed by atoms with Crippen LogP contribution in [0.4, 0.5) is 5.69 Å². The summed E-state index contributed by atoms with van der Waals surface area (Å²) in [4.78, 5) is 20.3. The maximum absolute atomic E-state index is 12.6. The first-order chi connectivity index (χ1) is 9.99. The monoisotopic (exact) mass is 307 g/mol. The fourth-order valence-electron chi connectivity index (χ4n) is 2.38. The van der Waals surface area contributed by atoms with E-state index in [0.717, 1.165) is 21.5 Å². The molecule has 0 radical (unpaired) electrons. The van der Waals surface area contributed by atoms with Gasteiger partial charge in [-0.25, -0.2) is 4.98 Å². The van der Waals surface area contributed by atoms with Gasteiger partial charge in [-0.15, -0.1) is 11.3 Å². The Morgan fingerprint density at radius 3 is 2.81 bits per heavy atom. The minimum absolute atomic E-state index is 0.0490. The normalized spacial score (nSPS) is 11.0. The van der Waals surface area contributed by atoms with Gasteiger partial charge in [0.1, 0.15) is 9.71 Å². The van der Waals surface area contributed by atoms with Crippen molar-refractivity contribution in [2.75, 3.05) is 32.5 Å². The molecular formula is C15H21N3O2S. The number of fused-ring (bicyclic) bond motifs is 1. The van der Waals surface area contributed by atoms with Gasteiger partial charge in [0.25, 0.3) is 5.91 Å². The Labute approximate surface area is 128 Å². The maximum Gasteiger partial charge on any atom is 0.266 e. The van der Waals surface area contributed by atoms with Gasteiger partial charge < -0.3 is 15.4 Å². The first-order valence-electron chi connectivity index (χ1n) is 6.94. The average molecular weight is 307 g/mol. The number of anilines is 1. The highest BCUT2D eigenvalue weighted by atomic mass is 32.1. The molecule has 0 bridgehead atoms. The predicted octanol–water partition coefficient (Wildman–Crippen LogP) is 2.60. The third-order valence-corrected chi connectivity index (χ3v) is 4.54. The van der Waals surface area contributed by atoms with Crippen molar-refractivity contribution in [2.24, 2.45) is 0 Å². The molecule has 21 heavy (non-hydrogen) atoms. The van der Waals surface area contributed by atoms with Gasteiger partial charge in [0, 0.05) is 31.3 Å². The van der Waals surface area contributed by atoms with Crippen LogP contribution in [0.3, 0.4) is 0 Å². The molecule has 0 saturated heterocycles. The van der Waals surface area contributed by atoms with Crippen LogP contribution in [-0.4, -0.2) is 42.6 Å². The molecule has 0 aromatic carbocycles. The van der Waals surface area contributed by atoms with Crippen LogP contribution in [0.15, 0.2) is 6.07 Å². The Morgan fingerprint density at radius 1 is 1.48 bits per heavy atom.